The van der Waals surface area contributed by atoms with Crippen LogP contribution in [0.5, 0.6) is 11.5 Å². The molecule has 0 aliphatic carbocycles. The fourth-order valence-corrected chi connectivity index (χ4v) is 2.70. The fourth-order valence-electron chi connectivity index (χ4n) is 2.28. The van der Waals surface area contributed by atoms with Crippen molar-refractivity contribution in [2.75, 3.05) is 5.73 Å². The molecular weight excluding hydrogens is 636 g/mol. The molecule has 0 bridgehead atoms. The number of nitrogen functional groups attached to an aromatic ring is 1. The maximum absolute atomic E-state index is 12.1. The lowest BCUT2D eigenvalue weighted by molar-refractivity contribution is -0.385. The van der Waals surface area contributed by atoms with E-state index < -0.39 is 21.6 Å². The highest BCUT2D eigenvalue weighted by molar-refractivity contribution is 7.83. The van der Waals surface area contributed by atoms with E-state index in [1.54, 1.807) is 24.3 Å². The molecule has 0 aromatic heterocycles. The van der Waals surface area contributed by atoms with Crippen molar-refractivity contribution in [3.05, 3.63) is 134 Å². The third kappa shape index (κ3) is 18.9. The first kappa shape index (κ1) is 38.6. The number of halogens is 1. The van der Waals surface area contributed by atoms with Gasteiger partial charge in [-0.2, -0.15) is 12.6 Å². The number of anilines is 1. The van der Waals surface area contributed by atoms with Crippen molar-refractivity contribution in [1.82, 2.24) is 0 Å². The van der Waals surface area contributed by atoms with Crippen molar-refractivity contribution in [1.29, 1.82) is 0 Å². The maximum atomic E-state index is 12.1. The topological polar surface area (TPSA) is 226 Å². The van der Waals surface area contributed by atoms with Gasteiger partial charge in [-0.3, -0.25) is 25.0 Å². The van der Waals surface area contributed by atoms with Crippen LogP contribution in [0.1, 0.15) is 0 Å². The van der Waals surface area contributed by atoms with Crippen LogP contribution in [-0.2, 0) is 4.79 Å². The van der Waals surface area contributed by atoms with E-state index in [9.17, 15) is 29.4 Å². The van der Waals surface area contributed by atoms with Crippen LogP contribution in [0, 0.1) is 26.0 Å². The fraction of sp³-hybridized carbons (Fsp3) is 0. The van der Waals surface area contributed by atoms with Gasteiger partial charge in [0.1, 0.15) is 17.3 Å². The van der Waals surface area contributed by atoms with Crippen molar-refractivity contribution in [2.45, 2.75) is 0 Å². The van der Waals surface area contributed by atoms with E-state index in [-0.39, 0.29) is 23.1 Å². The normalized spacial score (nSPS) is 10.3. The Labute approximate surface area is 267 Å². The lowest BCUT2D eigenvalue weighted by atomic mass is 10.3. The molecule has 0 saturated carbocycles. The molecule has 0 spiro atoms. The van der Waals surface area contributed by atoms with Crippen LogP contribution in [0.2, 0.25) is 0 Å². The minimum absolute atomic E-state index is 0.000247. The number of thiol groups is 1. The Morgan fingerprint density at radius 1 is 0.750 bits per heavy atom. The summed E-state index contributed by atoms with van der Waals surface area (Å²) in [7, 11) is 0. The van der Waals surface area contributed by atoms with E-state index in [1.807, 2.05) is 0 Å². The molecule has 0 aliphatic heterocycles. The van der Waals surface area contributed by atoms with Crippen molar-refractivity contribution in [3.63, 3.8) is 0 Å². The summed E-state index contributed by atoms with van der Waals surface area (Å²) in [5.41, 5.74) is 21.6. The number of nitrogens with zero attached hydrogens (tertiary/aromatic N) is 2. The van der Waals surface area contributed by atoms with Crippen LogP contribution < -0.4 is 32.4 Å². The smallest absolute Gasteiger partial charge is 0.269 e. The van der Waals surface area contributed by atoms with Crippen LogP contribution in [0.4, 0.5) is 21.5 Å². The van der Waals surface area contributed by atoms with Crippen LogP contribution in [0.15, 0.2) is 108 Å². The van der Waals surface area contributed by atoms with Crippen molar-refractivity contribution in [2.24, 2.45) is 17.2 Å². The number of ether oxygens (including phenoxy) is 2. The van der Waals surface area contributed by atoms with Crippen LogP contribution in [0.25, 0.3) is 0 Å². The molecule has 17 heteroatoms. The van der Waals surface area contributed by atoms with Gasteiger partial charge >= 0.3 is 0 Å². The van der Waals surface area contributed by atoms with Gasteiger partial charge in [-0.1, -0.05) is 24.4 Å². The van der Waals surface area contributed by atoms with Crippen LogP contribution >= 0.6 is 37.1 Å². The molecule has 0 saturated heterocycles. The first-order valence-electron chi connectivity index (χ1n) is 11.6. The Hall–Kier alpha value is -5.39. The molecule has 0 atom stereocenters. The average Bonchev–Trinajstić information content (AvgIpc) is 2.96. The highest BCUT2D eigenvalue weighted by Gasteiger charge is 2.04. The molecule has 0 fully saturated rings. The number of amides is 1. The number of nitrogens with two attached hydrogens (primary N) is 4. The Bertz CT molecular complexity index is 1470. The number of rotatable bonds is 9. The maximum Gasteiger partial charge on any atom is 0.269 e. The van der Waals surface area contributed by atoms with Gasteiger partial charge in [-0.25, -0.2) is 4.39 Å². The number of primary amides is 1. The lowest BCUT2D eigenvalue weighted by Crippen LogP contribution is -2.05. The number of benzene rings is 3. The lowest BCUT2D eigenvalue weighted by Gasteiger charge is -2.04. The average molecular weight is 663 g/mol. The molecule has 8 N–H and O–H groups in total. The van der Waals surface area contributed by atoms with E-state index >= 15 is 0 Å². The predicted octanol–water partition coefficient (Wildman–Crippen LogP) is 4.87. The highest BCUT2D eigenvalue weighted by atomic mass is 32.1. The summed E-state index contributed by atoms with van der Waals surface area (Å²) in [6.07, 6.45) is 4.09. The van der Waals surface area contributed by atoms with E-state index in [2.05, 4.69) is 42.8 Å². The van der Waals surface area contributed by atoms with E-state index in [4.69, 9.17) is 26.7 Å². The monoisotopic (exact) mass is 662 g/mol. The summed E-state index contributed by atoms with van der Waals surface area (Å²) in [4.78, 5) is 29.0. The zero-order chi connectivity index (χ0) is 33.5. The number of allylic oxidation sites excluding steroid dienone is 2. The molecule has 0 unspecified atom stereocenters. The zero-order valence-corrected chi connectivity index (χ0v) is 25.1. The number of non-ortho nitro benzene ring substituents is 2. The number of carbonyl (C=O) groups excluding carboxylic acids is 1. The van der Waals surface area contributed by atoms with Gasteiger partial charge in [0.25, 0.3) is 11.4 Å². The molecule has 0 radical (unpaired) electrons. The number of hydrogen-bond acceptors (Lipinski definition) is 13. The van der Waals surface area contributed by atoms with Gasteiger partial charge in [-0.05, 0) is 53.9 Å². The first-order chi connectivity index (χ1) is 20.8. The van der Waals surface area contributed by atoms with Crippen molar-refractivity contribution >= 4 is 70.8 Å². The third-order valence-electron chi connectivity index (χ3n) is 4.14. The summed E-state index contributed by atoms with van der Waals surface area (Å²) in [6.45, 7) is 0. The second-order valence-corrected chi connectivity index (χ2v) is 8.23. The van der Waals surface area contributed by atoms with Gasteiger partial charge in [0.05, 0.1) is 9.85 Å². The quantitative estimate of drug-likeness (QED) is 0.0393. The number of hydrogen-bond donors (Lipinski definition) is 5. The molecule has 3 aromatic rings. The van der Waals surface area contributed by atoms with E-state index in [1.165, 1.54) is 58.6 Å². The van der Waals surface area contributed by atoms with Gasteiger partial charge < -0.3 is 32.4 Å². The highest BCUT2D eigenvalue weighted by Crippen LogP contribution is 2.18. The summed E-state index contributed by atoms with van der Waals surface area (Å²) >= 11 is 12.7. The second kappa shape index (κ2) is 22.2. The largest absolute Gasteiger partial charge is 0.442 e. The van der Waals surface area contributed by atoms with Crippen LogP contribution in [-0.4, -0.2) is 26.5 Å². The standard InChI is InChI=1S/C9H8N2O3S.C9H10N2OS.C6H4FNO2.C3H5NOS/c10-9(5-6-15)14-8-3-1-7(2-4-8)11(12)13;10-7-1-3-8(4-2-7)12-9(11)5-6-13;7-5-1-3-6(4-2-5)8(9)10;4-3(5)1-2-6/h1-6H,10H2;1-6H,10-11H2;1-4H;1-2,6H,(H2,4,5)/b;;;2-1-. The van der Waals surface area contributed by atoms with E-state index in [0.29, 0.717) is 17.2 Å². The molecule has 3 rings (SSSR count). The molecule has 0 heterocycles. The Morgan fingerprint density at radius 3 is 1.41 bits per heavy atom. The molecular formula is C27H27FN6O7S3. The summed E-state index contributed by atoms with van der Waals surface area (Å²) in [5.74, 6) is 0.528. The molecule has 44 heavy (non-hydrogen) atoms. The van der Waals surface area contributed by atoms with Gasteiger partial charge in [0.15, 0.2) is 11.8 Å². The second-order valence-electron chi connectivity index (χ2n) is 7.39. The number of thiocarbonyl (C=S) groups is 2. The SMILES string of the molecule is NC(=CC=S)Oc1ccc(N)cc1.NC(=CC=S)Oc1ccc([N+](=O)[O-])cc1.NC(=O)/C=C\S.O=[N+]([O-])c1ccc(F)cc1. The third-order valence-corrected chi connectivity index (χ3v) is 4.56. The summed E-state index contributed by atoms with van der Waals surface area (Å²) < 4.78 is 22.4. The Morgan fingerprint density at radius 2 is 1.11 bits per heavy atom. The van der Waals surface area contributed by atoms with Crippen LogP contribution in [0.3, 0.4) is 0 Å². The summed E-state index contributed by atoms with van der Waals surface area (Å²) in [6, 6.07) is 16.9. The number of nitro groups is 2. The summed E-state index contributed by atoms with van der Waals surface area (Å²) in [5, 5.41) is 24.4. The molecule has 1 amide bonds. The Balaban J connectivity index is 0.000000586. The Kier molecular flexibility index (Phi) is 19.5. The van der Waals surface area contributed by atoms with Gasteiger partial charge in [0, 0.05) is 58.9 Å². The first-order valence-corrected chi connectivity index (χ1v) is 13.1. The number of nitro benzene ring substituents is 2. The van der Waals surface area contributed by atoms with Gasteiger partial charge in [0.2, 0.25) is 5.91 Å². The van der Waals surface area contributed by atoms with Crippen molar-refractivity contribution < 1.29 is 28.5 Å². The van der Waals surface area contributed by atoms with Crippen molar-refractivity contribution in [3.8, 4) is 11.5 Å². The molecule has 232 valence electrons. The number of carbonyl (C=O) groups is 1. The van der Waals surface area contributed by atoms with E-state index in [0.717, 1.165) is 24.3 Å². The molecule has 13 nitrogen and oxygen atoms in total. The zero-order valence-electron chi connectivity index (χ0n) is 22.6. The predicted molar refractivity (Wildman–Crippen MR) is 177 cm³/mol. The van der Waals surface area contributed by atoms with Gasteiger partial charge in [-0.15, -0.1) is 0 Å². The minimum Gasteiger partial charge on any atom is -0.442 e. The molecule has 3 aromatic carbocycles. The molecule has 0 aliphatic rings. The minimum atomic E-state index is -0.570.